The van der Waals surface area contributed by atoms with Crippen LogP contribution >= 0.6 is 0 Å². The highest BCUT2D eigenvalue weighted by Crippen LogP contribution is 2.33. The number of hydrogen-bond acceptors (Lipinski definition) is 2. The fourth-order valence-corrected chi connectivity index (χ4v) is 2.94. The van der Waals surface area contributed by atoms with Gasteiger partial charge in [-0.05, 0) is 25.7 Å². The Kier molecular flexibility index (Phi) is 4.63. The molecule has 8 heteroatoms. The molecule has 21 heavy (non-hydrogen) atoms. The van der Waals surface area contributed by atoms with Crippen LogP contribution in [0.3, 0.4) is 0 Å². The van der Waals surface area contributed by atoms with E-state index in [4.69, 9.17) is 5.11 Å². The molecule has 0 aliphatic carbocycles. The fraction of sp³-hybridized carbons (Fsp3) is 0.846. The van der Waals surface area contributed by atoms with Crippen molar-refractivity contribution in [3.8, 4) is 0 Å². The van der Waals surface area contributed by atoms with Gasteiger partial charge in [-0.15, -0.1) is 0 Å². The van der Waals surface area contributed by atoms with Crippen LogP contribution in [-0.4, -0.2) is 59.3 Å². The van der Waals surface area contributed by atoms with Gasteiger partial charge in [-0.1, -0.05) is 0 Å². The Morgan fingerprint density at radius 1 is 1.00 bits per heavy atom. The van der Waals surface area contributed by atoms with Crippen LogP contribution in [-0.2, 0) is 4.79 Å². The Balaban J connectivity index is 1.90. The summed E-state index contributed by atoms with van der Waals surface area (Å²) in [5.74, 6) is -2.79. The van der Waals surface area contributed by atoms with E-state index in [1.54, 1.807) is 0 Å². The van der Waals surface area contributed by atoms with Gasteiger partial charge >= 0.3 is 18.2 Å². The molecule has 1 unspecified atom stereocenters. The van der Waals surface area contributed by atoms with E-state index in [1.807, 2.05) is 0 Å². The van der Waals surface area contributed by atoms with Gasteiger partial charge in [0.15, 0.2) is 0 Å². The van der Waals surface area contributed by atoms with Crippen molar-refractivity contribution < 1.29 is 27.9 Å². The molecular weight excluding hydrogens is 289 g/mol. The van der Waals surface area contributed by atoms with Crippen LogP contribution in [0.25, 0.3) is 0 Å². The molecular formula is C13H19F3N2O3. The summed E-state index contributed by atoms with van der Waals surface area (Å²) < 4.78 is 38.2. The van der Waals surface area contributed by atoms with E-state index in [1.165, 1.54) is 9.80 Å². The lowest BCUT2D eigenvalue weighted by molar-refractivity contribution is -0.184. The third-order valence-electron chi connectivity index (χ3n) is 4.27. The molecule has 0 spiro atoms. The van der Waals surface area contributed by atoms with Gasteiger partial charge in [0.05, 0.1) is 11.8 Å². The molecule has 1 N–H and O–H groups in total. The third-order valence-corrected chi connectivity index (χ3v) is 4.27. The number of carbonyl (C=O) groups is 2. The standard InChI is InChI=1S/C13H19F3N2O3/c14-13(15,16)10-2-1-5-18(8-10)12(21)17-6-3-9(4-7-17)11(19)20/h9-10H,1-8H2,(H,19,20). The van der Waals surface area contributed by atoms with E-state index < -0.39 is 30.0 Å². The molecule has 120 valence electrons. The van der Waals surface area contributed by atoms with Gasteiger partial charge in [-0.2, -0.15) is 13.2 Å². The molecule has 2 amide bonds. The summed E-state index contributed by atoms with van der Waals surface area (Å²) in [5.41, 5.74) is 0. The highest BCUT2D eigenvalue weighted by atomic mass is 19.4. The van der Waals surface area contributed by atoms with Gasteiger partial charge in [0, 0.05) is 26.2 Å². The van der Waals surface area contributed by atoms with Gasteiger partial charge in [0.2, 0.25) is 0 Å². The molecule has 0 aromatic rings. The molecule has 1 atom stereocenters. The highest BCUT2D eigenvalue weighted by molar-refractivity contribution is 5.75. The zero-order valence-electron chi connectivity index (χ0n) is 11.6. The number of nitrogens with zero attached hydrogens (tertiary/aromatic N) is 2. The predicted molar refractivity (Wildman–Crippen MR) is 67.7 cm³/mol. The lowest BCUT2D eigenvalue weighted by atomic mass is 9.96. The Morgan fingerprint density at radius 2 is 1.62 bits per heavy atom. The van der Waals surface area contributed by atoms with E-state index in [-0.39, 0.29) is 13.0 Å². The monoisotopic (exact) mass is 308 g/mol. The lowest BCUT2D eigenvalue weighted by Crippen LogP contribution is -2.52. The molecule has 5 nitrogen and oxygen atoms in total. The van der Waals surface area contributed by atoms with E-state index >= 15 is 0 Å². The smallest absolute Gasteiger partial charge is 0.393 e. The zero-order valence-corrected chi connectivity index (χ0v) is 11.6. The van der Waals surface area contributed by atoms with Crippen LogP contribution < -0.4 is 0 Å². The first-order valence-electron chi connectivity index (χ1n) is 7.12. The van der Waals surface area contributed by atoms with E-state index in [0.717, 1.165) is 0 Å². The molecule has 2 saturated heterocycles. The number of carboxylic acids is 1. The minimum Gasteiger partial charge on any atom is -0.481 e. The first-order chi connectivity index (χ1) is 9.79. The summed E-state index contributed by atoms with van der Waals surface area (Å²) in [6.07, 6.45) is -3.14. The molecule has 0 radical (unpaired) electrons. The van der Waals surface area contributed by atoms with Crippen molar-refractivity contribution in [1.29, 1.82) is 0 Å². The second-order valence-corrected chi connectivity index (χ2v) is 5.71. The Hall–Kier alpha value is -1.47. The minimum atomic E-state index is -4.27. The number of urea groups is 1. The number of likely N-dealkylation sites (tertiary alicyclic amines) is 2. The van der Waals surface area contributed by atoms with E-state index in [0.29, 0.717) is 38.9 Å². The maximum absolute atomic E-state index is 12.7. The maximum atomic E-state index is 12.7. The molecule has 2 aliphatic rings. The number of amides is 2. The molecule has 0 aromatic carbocycles. The minimum absolute atomic E-state index is 0.0639. The summed E-state index contributed by atoms with van der Waals surface area (Å²) in [5, 5.41) is 8.90. The molecule has 0 bridgehead atoms. The molecule has 2 aliphatic heterocycles. The fourth-order valence-electron chi connectivity index (χ4n) is 2.94. The summed E-state index contributed by atoms with van der Waals surface area (Å²) in [7, 11) is 0. The van der Waals surface area contributed by atoms with Crippen LogP contribution in [0.4, 0.5) is 18.0 Å². The molecule has 2 fully saturated rings. The Bertz CT molecular complexity index is 406. The van der Waals surface area contributed by atoms with Crippen molar-refractivity contribution in [2.24, 2.45) is 11.8 Å². The quantitative estimate of drug-likeness (QED) is 0.807. The number of halogens is 3. The average molecular weight is 308 g/mol. The van der Waals surface area contributed by atoms with Crippen LogP contribution in [0.2, 0.25) is 0 Å². The van der Waals surface area contributed by atoms with E-state index in [9.17, 15) is 22.8 Å². The lowest BCUT2D eigenvalue weighted by Gasteiger charge is -2.39. The normalized spacial score (nSPS) is 25.0. The van der Waals surface area contributed by atoms with Crippen molar-refractivity contribution in [2.45, 2.75) is 31.9 Å². The first kappa shape index (κ1) is 15.9. The van der Waals surface area contributed by atoms with Gasteiger partial charge in [0.25, 0.3) is 0 Å². The summed E-state index contributed by atoms with van der Waals surface area (Å²) >= 11 is 0. The molecule has 0 aromatic heterocycles. The van der Waals surface area contributed by atoms with Crippen LogP contribution in [0.15, 0.2) is 0 Å². The van der Waals surface area contributed by atoms with Crippen LogP contribution in [0.1, 0.15) is 25.7 Å². The topological polar surface area (TPSA) is 60.9 Å². The number of carbonyl (C=O) groups excluding carboxylic acids is 1. The van der Waals surface area contributed by atoms with Crippen molar-refractivity contribution in [3.05, 3.63) is 0 Å². The number of hydrogen-bond donors (Lipinski definition) is 1. The molecule has 2 rings (SSSR count). The largest absolute Gasteiger partial charge is 0.481 e. The maximum Gasteiger partial charge on any atom is 0.393 e. The number of aliphatic carboxylic acids is 1. The average Bonchev–Trinajstić information content (AvgIpc) is 2.46. The van der Waals surface area contributed by atoms with Gasteiger partial charge in [-0.3, -0.25) is 4.79 Å². The summed E-state index contributed by atoms with van der Waals surface area (Å²) in [4.78, 5) is 25.8. The Morgan fingerprint density at radius 3 is 2.14 bits per heavy atom. The SMILES string of the molecule is O=C(O)C1CCN(C(=O)N2CCCC(C(F)(F)F)C2)CC1. The number of rotatable bonds is 1. The first-order valence-corrected chi connectivity index (χ1v) is 7.12. The van der Waals surface area contributed by atoms with Crippen molar-refractivity contribution in [1.82, 2.24) is 9.80 Å². The second kappa shape index (κ2) is 6.11. The van der Waals surface area contributed by atoms with Gasteiger partial charge in [-0.25, -0.2) is 4.79 Å². The van der Waals surface area contributed by atoms with Crippen molar-refractivity contribution in [3.63, 3.8) is 0 Å². The van der Waals surface area contributed by atoms with Crippen LogP contribution in [0, 0.1) is 11.8 Å². The predicted octanol–water partition coefficient (Wildman–Crippen LogP) is 2.18. The van der Waals surface area contributed by atoms with Gasteiger partial charge < -0.3 is 14.9 Å². The molecule has 2 heterocycles. The van der Waals surface area contributed by atoms with E-state index in [2.05, 4.69) is 0 Å². The molecule has 0 saturated carbocycles. The summed E-state index contributed by atoms with van der Waals surface area (Å²) in [6, 6.07) is -0.396. The second-order valence-electron chi connectivity index (χ2n) is 5.71. The number of alkyl halides is 3. The number of piperidine rings is 2. The van der Waals surface area contributed by atoms with Crippen molar-refractivity contribution >= 4 is 12.0 Å². The Labute approximate surface area is 120 Å². The summed E-state index contributed by atoms with van der Waals surface area (Å²) in [6.45, 7) is 0.636. The van der Waals surface area contributed by atoms with Crippen LogP contribution in [0.5, 0.6) is 0 Å². The number of carboxylic acid groups (broad SMARTS) is 1. The zero-order chi connectivity index (χ0) is 15.6. The van der Waals surface area contributed by atoms with Crippen molar-refractivity contribution in [2.75, 3.05) is 26.2 Å². The third kappa shape index (κ3) is 3.79. The highest BCUT2D eigenvalue weighted by Gasteiger charge is 2.43. The van der Waals surface area contributed by atoms with Gasteiger partial charge in [0.1, 0.15) is 0 Å².